The topological polar surface area (TPSA) is 359 Å². The van der Waals surface area contributed by atoms with Gasteiger partial charge in [0.2, 0.25) is 0 Å². The van der Waals surface area contributed by atoms with Crippen LogP contribution in [0.15, 0.2) is 236 Å². The predicted molar refractivity (Wildman–Crippen MR) is 425 cm³/mol. The number of rotatable bonds is 13. The molecule has 0 saturated carbocycles. The fourth-order valence-corrected chi connectivity index (χ4v) is 15.2. The number of likely N-dealkylation sites (N-methyl/N-ethyl adjacent to an activating group) is 1. The van der Waals surface area contributed by atoms with Gasteiger partial charge in [-0.1, -0.05) is 116 Å². The van der Waals surface area contributed by atoms with Gasteiger partial charge in [-0.15, -0.1) is 0 Å². The number of nitrogens with one attached hydrogen (secondary N) is 1. The Morgan fingerprint density at radius 1 is 0.366 bits per heavy atom. The second kappa shape index (κ2) is 29.6. The van der Waals surface area contributed by atoms with Crippen LogP contribution in [-0.2, 0) is 5.66 Å². The molecule has 14 rings (SSSR count). The number of nitrogens with zero attached hydrogens (tertiary/aromatic N) is 17. The summed E-state index contributed by atoms with van der Waals surface area (Å²) >= 11 is 0. The highest BCUT2D eigenvalue weighted by Crippen LogP contribution is 2.50. The zero-order valence-electron chi connectivity index (χ0n) is 59.7. The van der Waals surface area contributed by atoms with Gasteiger partial charge in [-0.2, -0.15) is 68.4 Å². The number of nitriles is 13. The maximum atomic E-state index is 10.9. The molecule has 18 nitrogen and oxygen atoms in total. The molecular weight excluding hydrogens is 1380 g/mol. The van der Waals surface area contributed by atoms with E-state index in [0.29, 0.717) is 123 Å². The van der Waals surface area contributed by atoms with Gasteiger partial charge in [-0.3, -0.25) is 5.41 Å². The number of hydrogen-bond acceptors (Lipinski definition) is 14. The van der Waals surface area contributed by atoms with Crippen molar-refractivity contribution in [2.75, 3.05) is 7.05 Å². The van der Waals surface area contributed by atoms with E-state index < -0.39 is 5.66 Å². The van der Waals surface area contributed by atoms with Crippen molar-refractivity contribution in [2.24, 2.45) is 4.99 Å². The van der Waals surface area contributed by atoms with Gasteiger partial charge in [-0.05, 0) is 168 Å². The molecule has 1 N–H and O–H groups in total. The third-order valence-electron chi connectivity index (χ3n) is 20.2. The van der Waals surface area contributed by atoms with Crippen LogP contribution in [-0.4, -0.2) is 32.8 Å². The summed E-state index contributed by atoms with van der Waals surface area (Å²) in [6.07, 6.45) is 2.47. The Balaban J connectivity index is 1.17. The van der Waals surface area contributed by atoms with E-state index in [0.717, 1.165) is 0 Å². The van der Waals surface area contributed by atoms with Gasteiger partial charge in [0.25, 0.3) is 0 Å². The van der Waals surface area contributed by atoms with Gasteiger partial charge in [0, 0.05) is 73.1 Å². The Kier molecular flexibility index (Phi) is 18.9. The lowest BCUT2D eigenvalue weighted by atomic mass is 9.86. The highest BCUT2D eigenvalue weighted by Gasteiger charge is 2.43. The minimum atomic E-state index is -1.66. The molecule has 12 aromatic carbocycles. The van der Waals surface area contributed by atoms with Crippen LogP contribution in [0.25, 0.3) is 111 Å². The van der Waals surface area contributed by atoms with Crippen molar-refractivity contribution in [1.29, 1.82) is 73.8 Å². The molecule has 1 unspecified atom stereocenters. The van der Waals surface area contributed by atoms with E-state index in [1.165, 1.54) is 48.5 Å². The molecule has 0 saturated heterocycles. The van der Waals surface area contributed by atoms with E-state index in [9.17, 15) is 73.8 Å². The fraction of sp³-hybridized carbons (Fsp3) is 0.0532. The quantitative estimate of drug-likeness (QED) is 0.0828. The van der Waals surface area contributed by atoms with Gasteiger partial charge in [-0.25, -0.2) is 4.99 Å². The van der Waals surface area contributed by atoms with Crippen molar-refractivity contribution in [3.63, 3.8) is 0 Å². The molecule has 516 valence electrons. The van der Waals surface area contributed by atoms with Crippen molar-refractivity contribution in [2.45, 2.75) is 25.9 Å². The zero-order chi connectivity index (χ0) is 78.6. The lowest BCUT2D eigenvalue weighted by Crippen LogP contribution is -2.50. The second-order valence-electron chi connectivity index (χ2n) is 26.3. The van der Waals surface area contributed by atoms with E-state index in [4.69, 9.17) is 4.99 Å². The molecule has 2 heterocycles. The largest absolute Gasteiger partial charge is 0.332 e. The highest BCUT2D eigenvalue weighted by molar-refractivity contribution is 6.16. The molecule has 14 aromatic rings. The fourth-order valence-electron chi connectivity index (χ4n) is 15.2. The Morgan fingerprint density at radius 3 is 1.06 bits per heavy atom. The van der Waals surface area contributed by atoms with E-state index in [1.54, 1.807) is 54.6 Å². The molecule has 0 aliphatic heterocycles. The van der Waals surface area contributed by atoms with E-state index >= 15 is 0 Å². The average molecular weight is 1430 g/mol. The zero-order valence-corrected chi connectivity index (χ0v) is 59.7. The van der Waals surface area contributed by atoms with Crippen LogP contribution in [0.2, 0.25) is 0 Å². The molecule has 0 radical (unpaired) electrons. The smallest absolute Gasteiger partial charge is 0.154 e. The lowest BCUT2D eigenvalue weighted by Gasteiger charge is -2.45. The second-order valence-corrected chi connectivity index (χ2v) is 26.3. The summed E-state index contributed by atoms with van der Waals surface area (Å²) in [7, 11) is 1.89. The molecule has 112 heavy (non-hydrogen) atoms. The summed E-state index contributed by atoms with van der Waals surface area (Å²) in [6, 6.07) is 93.7. The van der Waals surface area contributed by atoms with Crippen molar-refractivity contribution >= 4 is 60.9 Å². The minimum absolute atomic E-state index is 0.0583. The van der Waals surface area contributed by atoms with Crippen LogP contribution >= 0.6 is 0 Å². The Hall–Kier alpha value is -17.5. The summed E-state index contributed by atoms with van der Waals surface area (Å²) in [5.41, 5.74) is 8.93. The molecule has 0 aliphatic carbocycles. The molecule has 18 heteroatoms. The van der Waals surface area contributed by atoms with E-state index in [2.05, 4.69) is 100 Å². The number of aliphatic imine (C=N–C) groups is 1. The maximum absolute atomic E-state index is 10.9. The standard InChI is InChI=1S/C94H50N18/c1-4-12-82(81-38-64(63-18-11-13-56(29-63)43-95)19-24-85(81)111-83-25-20-65(88-69(48-100)30-57(44-96)31-70(88)49-101)39-77(83)78-40-66(21-26-84(78)111)89-71(50-102)32-58(45-97)33-72(89)51-103)94(2,110(3)93(62-16-9-6-10-17-62)109-92(108)61-14-7-5-8-15-61)112-86-27-22-67(90-73(52-104)34-59(46-98)35-74(90)53-105)41-79(86)80-42-68(23-28-87(80)112)91-75(54-106)36-60(47-99)37-76(91)55-107/h5-42,108H,4H2,1-3H3/b82-12-,108-92?,109-93?. The third kappa shape index (κ3) is 12.1. The van der Waals surface area contributed by atoms with Crippen LogP contribution < -0.4 is 0 Å². The first-order chi connectivity index (χ1) is 54.6. The van der Waals surface area contributed by atoms with Gasteiger partial charge >= 0.3 is 0 Å². The number of amidine groups is 2. The van der Waals surface area contributed by atoms with Crippen molar-refractivity contribution in [3.8, 4) is 140 Å². The summed E-state index contributed by atoms with van der Waals surface area (Å²) in [5, 5.41) is 150. The monoisotopic (exact) mass is 1430 g/mol. The van der Waals surface area contributed by atoms with Crippen molar-refractivity contribution < 1.29 is 0 Å². The first-order valence-corrected chi connectivity index (χ1v) is 34.7. The van der Waals surface area contributed by atoms with Crippen LogP contribution in [0.3, 0.4) is 0 Å². The van der Waals surface area contributed by atoms with Crippen molar-refractivity contribution in [1.82, 2.24) is 14.0 Å². The van der Waals surface area contributed by atoms with E-state index in [1.807, 2.05) is 141 Å². The predicted octanol–water partition coefficient (Wildman–Crippen LogP) is 19.1. The summed E-state index contributed by atoms with van der Waals surface area (Å²) < 4.78 is 4.22. The first kappa shape index (κ1) is 71.5. The Bertz CT molecular complexity index is 6710. The van der Waals surface area contributed by atoms with Crippen LogP contribution in [0.4, 0.5) is 0 Å². The molecular formula is C94H50N18. The summed E-state index contributed by atoms with van der Waals surface area (Å²) in [6.45, 7) is 4.04. The normalized spacial score (nSPS) is 11.5. The van der Waals surface area contributed by atoms with Gasteiger partial charge in [0.15, 0.2) is 5.84 Å². The van der Waals surface area contributed by atoms with Crippen LogP contribution in [0.5, 0.6) is 0 Å². The molecule has 0 aliphatic rings. The Labute approximate surface area is 642 Å². The number of hydrogen-bond donors (Lipinski definition) is 1. The number of allylic oxidation sites excluding steroid dienone is 1. The number of aromatic nitrogens is 2. The third-order valence-corrected chi connectivity index (χ3v) is 20.2. The summed E-state index contributed by atoms with van der Waals surface area (Å²) in [4.78, 5) is 7.36. The first-order valence-electron chi connectivity index (χ1n) is 34.7. The highest BCUT2D eigenvalue weighted by atomic mass is 15.4. The van der Waals surface area contributed by atoms with E-state index in [-0.39, 0.29) is 94.9 Å². The lowest BCUT2D eigenvalue weighted by molar-refractivity contribution is 0.223. The van der Waals surface area contributed by atoms with Gasteiger partial charge in [0.1, 0.15) is 11.5 Å². The molecule has 0 bridgehead atoms. The maximum Gasteiger partial charge on any atom is 0.154 e. The Morgan fingerprint density at radius 2 is 0.705 bits per heavy atom. The molecule has 0 spiro atoms. The molecule has 2 aromatic heterocycles. The number of benzene rings is 12. The van der Waals surface area contributed by atoms with Crippen LogP contribution in [0, 0.1) is 153 Å². The SMILES string of the molecule is CC/C=C(/c1cc(-c2cccc(C#N)c2)ccc1-n1c2ccc(-c3c(C#N)cc(C#N)cc3C#N)cc2c2cc(-c3c(C#N)cc(C#N)cc3C#N)ccc21)C(C)(N(C)C(=NC(=N)c1ccccc1)c1ccccc1)n1c2ccc(-c3c(C#N)cc(C#N)cc3C#N)cc2c2cc(-c3c(C#N)cc(C#N)cc3C#N)ccc21. The van der Waals surface area contributed by atoms with Crippen LogP contribution in [0.1, 0.15) is 109 Å². The molecule has 0 fully saturated rings. The average Bonchev–Trinajstić information content (AvgIpc) is 1.49. The summed E-state index contributed by atoms with van der Waals surface area (Å²) in [5.74, 6) is 0.230. The molecule has 1 atom stereocenters. The van der Waals surface area contributed by atoms with Crippen molar-refractivity contribution in [3.05, 3.63) is 320 Å². The van der Waals surface area contributed by atoms with Gasteiger partial charge < -0.3 is 14.0 Å². The number of fused-ring (bicyclic) bond motifs is 6. The minimum Gasteiger partial charge on any atom is -0.332 e. The molecule has 0 amide bonds. The van der Waals surface area contributed by atoms with Gasteiger partial charge in [0.05, 0.1) is 179 Å².